The van der Waals surface area contributed by atoms with E-state index in [4.69, 9.17) is 0 Å². The number of hydrogen-bond acceptors (Lipinski definition) is 5. The number of rotatable bonds is 7. The predicted octanol–water partition coefficient (Wildman–Crippen LogP) is 2.26. The maximum Gasteiger partial charge on any atom is 0.130 e. The highest BCUT2D eigenvalue weighted by Gasteiger charge is 2.15. The third-order valence-corrected chi connectivity index (χ3v) is 4.04. The van der Waals surface area contributed by atoms with Crippen molar-refractivity contribution in [3.63, 3.8) is 0 Å². The van der Waals surface area contributed by atoms with Crippen LogP contribution >= 0.6 is 0 Å². The Bertz CT molecular complexity index is 646. The standard InChI is InChI=1S/C18H25N3O2/c1-4-13-6-7-19-15(8-13)10-17(23)16-11-20-18(21(3)12-22)9-14(16)5-2/h6-9,11,17,22-23H,4-5,10,12H2,1-3H3. The van der Waals surface area contributed by atoms with Gasteiger partial charge in [0, 0.05) is 37.1 Å². The Morgan fingerprint density at radius 1 is 1.17 bits per heavy atom. The second-order valence-electron chi connectivity index (χ2n) is 5.66. The summed E-state index contributed by atoms with van der Waals surface area (Å²) in [6.07, 6.45) is 5.08. The van der Waals surface area contributed by atoms with E-state index in [1.807, 2.05) is 25.1 Å². The molecule has 2 aromatic rings. The lowest BCUT2D eigenvalue weighted by Gasteiger charge is -2.19. The molecular weight excluding hydrogens is 290 g/mol. The van der Waals surface area contributed by atoms with Gasteiger partial charge in [-0.3, -0.25) is 4.98 Å². The van der Waals surface area contributed by atoms with Gasteiger partial charge < -0.3 is 15.1 Å². The molecule has 2 heterocycles. The summed E-state index contributed by atoms with van der Waals surface area (Å²) in [4.78, 5) is 10.3. The van der Waals surface area contributed by atoms with Crippen molar-refractivity contribution in [3.05, 3.63) is 53.0 Å². The van der Waals surface area contributed by atoms with E-state index < -0.39 is 6.10 Å². The minimum absolute atomic E-state index is 0.0915. The van der Waals surface area contributed by atoms with E-state index in [9.17, 15) is 10.2 Å². The second kappa shape index (κ2) is 8.04. The SMILES string of the molecule is CCc1ccnc(CC(O)c2cnc(N(C)CO)cc2CC)c1. The highest BCUT2D eigenvalue weighted by atomic mass is 16.3. The molecule has 0 aliphatic rings. The average Bonchev–Trinajstić information content (AvgIpc) is 2.60. The van der Waals surface area contributed by atoms with Crippen molar-refractivity contribution in [3.8, 4) is 0 Å². The third kappa shape index (κ3) is 4.27. The maximum absolute atomic E-state index is 10.6. The lowest BCUT2D eigenvalue weighted by molar-refractivity contribution is 0.175. The van der Waals surface area contributed by atoms with Crippen LogP contribution < -0.4 is 4.90 Å². The molecule has 23 heavy (non-hydrogen) atoms. The molecule has 0 bridgehead atoms. The Hall–Kier alpha value is -1.98. The largest absolute Gasteiger partial charge is 0.388 e. The van der Waals surface area contributed by atoms with Gasteiger partial charge in [-0.05, 0) is 42.2 Å². The quantitative estimate of drug-likeness (QED) is 0.767. The molecule has 124 valence electrons. The van der Waals surface area contributed by atoms with Gasteiger partial charge in [0.2, 0.25) is 0 Å². The van der Waals surface area contributed by atoms with Crippen LogP contribution in [-0.4, -0.2) is 34.0 Å². The van der Waals surface area contributed by atoms with Crippen LogP contribution in [0.1, 0.15) is 42.3 Å². The van der Waals surface area contributed by atoms with Crippen LogP contribution in [0.3, 0.4) is 0 Å². The predicted molar refractivity (Wildman–Crippen MR) is 91.4 cm³/mol. The fourth-order valence-corrected chi connectivity index (χ4v) is 2.55. The van der Waals surface area contributed by atoms with Crippen LogP contribution in [0.4, 0.5) is 5.82 Å². The van der Waals surface area contributed by atoms with E-state index >= 15 is 0 Å². The fraction of sp³-hybridized carbons (Fsp3) is 0.444. The van der Waals surface area contributed by atoms with E-state index in [-0.39, 0.29) is 6.73 Å². The summed E-state index contributed by atoms with van der Waals surface area (Å²) in [5, 5.41) is 19.8. The number of hydrogen-bond donors (Lipinski definition) is 2. The first-order chi connectivity index (χ1) is 11.1. The van der Waals surface area contributed by atoms with E-state index in [0.29, 0.717) is 12.2 Å². The van der Waals surface area contributed by atoms with Crippen LogP contribution in [0.5, 0.6) is 0 Å². The molecule has 0 saturated carbocycles. The van der Waals surface area contributed by atoms with Crippen molar-refractivity contribution in [2.75, 3.05) is 18.7 Å². The third-order valence-electron chi connectivity index (χ3n) is 4.04. The molecule has 0 aromatic carbocycles. The lowest BCUT2D eigenvalue weighted by atomic mass is 9.98. The molecule has 0 aliphatic carbocycles. The summed E-state index contributed by atoms with van der Waals surface area (Å²) in [5.74, 6) is 0.700. The molecule has 2 N–H and O–H groups in total. The minimum atomic E-state index is -0.634. The lowest BCUT2D eigenvalue weighted by Crippen LogP contribution is -2.20. The Morgan fingerprint density at radius 3 is 2.61 bits per heavy atom. The molecular formula is C18H25N3O2. The molecule has 0 amide bonds. The van der Waals surface area contributed by atoms with Gasteiger partial charge in [0.15, 0.2) is 0 Å². The first kappa shape index (κ1) is 17.4. The molecule has 1 atom stereocenters. The van der Waals surface area contributed by atoms with E-state index in [2.05, 4.69) is 16.9 Å². The van der Waals surface area contributed by atoms with Crippen LogP contribution in [-0.2, 0) is 19.3 Å². The summed E-state index contributed by atoms with van der Waals surface area (Å²) < 4.78 is 0. The second-order valence-corrected chi connectivity index (χ2v) is 5.66. The van der Waals surface area contributed by atoms with E-state index in [0.717, 1.165) is 29.7 Å². The normalized spacial score (nSPS) is 12.2. The Morgan fingerprint density at radius 2 is 1.96 bits per heavy atom. The van der Waals surface area contributed by atoms with Gasteiger partial charge >= 0.3 is 0 Å². The van der Waals surface area contributed by atoms with E-state index in [1.165, 1.54) is 5.56 Å². The number of aliphatic hydroxyl groups is 2. The van der Waals surface area contributed by atoms with Gasteiger partial charge in [-0.1, -0.05) is 13.8 Å². The molecule has 0 fully saturated rings. The molecule has 2 rings (SSSR count). The summed E-state index contributed by atoms with van der Waals surface area (Å²) in [6.45, 7) is 4.06. The topological polar surface area (TPSA) is 69.5 Å². The molecule has 0 spiro atoms. The van der Waals surface area contributed by atoms with Gasteiger partial charge in [-0.15, -0.1) is 0 Å². The molecule has 0 aliphatic heterocycles. The van der Waals surface area contributed by atoms with Gasteiger partial charge in [0.25, 0.3) is 0 Å². The molecule has 5 heteroatoms. The first-order valence-electron chi connectivity index (χ1n) is 8.01. The van der Waals surface area contributed by atoms with Crippen LogP contribution in [0, 0.1) is 0 Å². The number of anilines is 1. The summed E-state index contributed by atoms with van der Waals surface area (Å²) in [5.41, 5.74) is 3.96. The van der Waals surface area contributed by atoms with Crippen molar-refractivity contribution in [2.45, 2.75) is 39.2 Å². The fourth-order valence-electron chi connectivity index (χ4n) is 2.55. The summed E-state index contributed by atoms with van der Waals surface area (Å²) in [7, 11) is 1.78. The van der Waals surface area contributed by atoms with Gasteiger partial charge in [0.05, 0.1) is 6.10 Å². The zero-order valence-electron chi connectivity index (χ0n) is 14.0. The summed E-state index contributed by atoms with van der Waals surface area (Å²) in [6, 6.07) is 5.95. The molecule has 0 radical (unpaired) electrons. The molecule has 5 nitrogen and oxygen atoms in total. The minimum Gasteiger partial charge on any atom is -0.388 e. The summed E-state index contributed by atoms with van der Waals surface area (Å²) >= 11 is 0. The number of aryl methyl sites for hydroxylation is 2. The van der Waals surface area contributed by atoms with Crippen molar-refractivity contribution < 1.29 is 10.2 Å². The Kier molecular flexibility index (Phi) is 6.07. The van der Waals surface area contributed by atoms with Gasteiger partial charge in [-0.2, -0.15) is 0 Å². The van der Waals surface area contributed by atoms with Crippen molar-refractivity contribution in [1.29, 1.82) is 0 Å². The molecule has 2 aromatic heterocycles. The highest BCUT2D eigenvalue weighted by Crippen LogP contribution is 2.24. The zero-order chi connectivity index (χ0) is 16.8. The van der Waals surface area contributed by atoms with Crippen molar-refractivity contribution >= 4 is 5.82 Å². The Labute approximate surface area is 137 Å². The Balaban J connectivity index is 2.22. The number of aromatic nitrogens is 2. The number of aliphatic hydroxyl groups excluding tert-OH is 2. The first-order valence-corrected chi connectivity index (χ1v) is 8.01. The van der Waals surface area contributed by atoms with Gasteiger partial charge in [0.1, 0.15) is 12.5 Å². The van der Waals surface area contributed by atoms with E-state index in [1.54, 1.807) is 24.3 Å². The zero-order valence-corrected chi connectivity index (χ0v) is 14.0. The van der Waals surface area contributed by atoms with Crippen LogP contribution in [0.25, 0.3) is 0 Å². The van der Waals surface area contributed by atoms with Gasteiger partial charge in [-0.25, -0.2) is 4.98 Å². The maximum atomic E-state index is 10.6. The average molecular weight is 315 g/mol. The van der Waals surface area contributed by atoms with Crippen molar-refractivity contribution in [1.82, 2.24) is 9.97 Å². The smallest absolute Gasteiger partial charge is 0.130 e. The number of nitrogens with zero attached hydrogens (tertiary/aromatic N) is 3. The number of pyridine rings is 2. The van der Waals surface area contributed by atoms with Crippen LogP contribution in [0.15, 0.2) is 30.6 Å². The molecule has 0 saturated heterocycles. The molecule has 1 unspecified atom stereocenters. The highest BCUT2D eigenvalue weighted by molar-refractivity contribution is 5.43. The van der Waals surface area contributed by atoms with Crippen molar-refractivity contribution in [2.24, 2.45) is 0 Å². The van der Waals surface area contributed by atoms with Crippen LogP contribution in [0.2, 0.25) is 0 Å². The monoisotopic (exact) mass is 315 g/mol.